The molecule has 1 aromatic carbocycles. The monoisotopic (exact) mass is 266 g/mol. The third kappa shape index (κ3) is 3.24. The summed E-state index contributed by atoms with van der Waals surface area (Å²) < 4.78 is 0. The van der Waals surface area contributed by atoms with Crippen LogP contribution >= 0.6 is 0 Å². The molecule has 0 aliphatic carbocycles. The van der Waals surface area contributed by atoms with Crippen molar-refractivity contribution in [3.8, 4) is 0 Å². The number of hydrogen-bond donors (Lipinski definition) is 1. The maximum Gasteiger partial charge on any atom is 0.346 e. The molecule has 1 saturated heterocycles. The van der Waals surface area contributed by atoms with E-state index in [1.165, 1.54) is 12.1 Å². The third-order valence-electron chi connectivity index (χ3n) is 3.05. The van der Waals surface area contributed by atoms with Gasteiger partial charge in [-0.15, -0.1) is 0 Å². The number of nitro benzene ring substituents is 2. The SMILES string of the molecule is O=[N+]([O-])c1ccc(CN2CCNCC2)cc1[N+](=O)[O-]. The van der Waals surface area contributed by atoms with Gasteiger partial charge in [0, 0.05) is 44.9 Å². The first-order valence-electron chi connectivity index (χ1n) is 5.92. The topological polar surface area (TPSA) is 102 Å². The third-order valence-corrected chi connectivity index (χ3v) is 3.05. The van der Waals surface area contributed by atoms with Gasteiger partial charge in [-0.05, 0) is 5.56 Å². The molecule has 0 radical (unpaired) electrons. The molecule has 1 aliphatic heterocycles. The molecule has 0 amide bonds. The van der Waals surface area contributed by atoms with E-state index in [4.69, 9.17) is 0 Å². The predicted octanol–water partition coefficient (Wildman–Crippen LogP) is 0.908. The summed E-state index contributed by atoms with van der Waals surface area (Å²) >= 11 is 0. The van der Waals surface area contributed by atoms with Gasteiger partial charge in [0.1, 0.15) is 0 Å². The molecule has 0 aromatic heterocycles. The van der Waals surface area contributed by atoms with Crippen molar-refractivity contribution >= 4 is 11.4 Å². The van der Waals surface area contributed by atoms with Crippen molar-refractivity contribution in [2.24, 2.45) is 0 Å². The van der Waals surface area contributed by atoms with Crippen LogP contribution in [0.1, 0.15) is 5.56 Å². The van der Waals surface area contributed by atoms with Crippen LogP contribution in [0.2, 0.25) is 0 Å². The molecule has 2 rings (SSSR count). The molecule has 0 saturated carbocycles. The van der Waals surface area contributed by atoms with Crippen molar-refractivity contribution in [1.29, 1.82) is 0 Å². The largest absolute Gasteiger partial charge is 0.346 e. The lowest BCUT2D eigenvalue weighted by Crippen LogP contribution is -2.42. The number of piperazine rings is 1. The van der Waals surface area contributed by atoms with Gasteiger partial charge in [-0.1, -0.05) is 6.07 Å². The molecule has 0 unspecified atom stereocenters. The zero-order valence-electron chi connectivity index (χ0n) is 10.2. The number of nitrogens with one attached hydrogen (secondary N) is 1. The molecular formula is C11H14N4O4. The Morgan fingerprint density at radius 1 is 1.11 bits per heavy atom. The fourth-order valence-corrected chi connectivity index (χ4v) is 2.10. The minimum Gasteiger partial charge on any atom is -0.314 e. The number of nitrogens with zero attached hydrogens (tertiary/aromatic N) is 3. The Morgan fingerprint density at radius 2 is 1.74 bits per heavy atom. The van der Waals surface area contributed by atoms with E-state index in [-0.39, 0.29) is 0 Å². The molecule has 1 N–H and O–H groups in total. The molecule has 102 valence electrons. The Labute approximate surface area is 109 Å². The Hall–Kier alpha value is -2.06. The van der Waals surface area contributed by atoms with Gasteiger partial charge in [-0.25, -0.2) is 0 Å². The summed E-state index contributed by atoms with van der Waals surface area (Å²) in [5.41, 5.74) is -0.189. The molecular weight excluding hydrogens is 252 g/mol. The lowest BCUT2D eigenvalue weighted by atomic mass is 10.1. The van der Waals surface area contributed by atoms with Gasteiger partial charge in [0.05, 0.1) is 9.85 Å². The highest BCUT2D eigenvalue weighted by Gasteiger charge is 2.24. The quantitative estimate of drug-likeness (QED) is 0.642. The van der Waals surface area contributed by atoms with Crippen molar-refractivity contribution in [3.05, 3.63) is 44.0 Å². The number of hydrogen-bond acceptors (Lipinski definition) is 6. The standard InChI is InChI=1S/C11H14N4O4/c16-14(17)10-2-1-9(7-11(10)15(18)19)8-13-5-3-12-4-6-13/h1-2,7,12H,3-6,8H2. The highest BCUT2D eigenvalue weighted by atomic mass is 16.6. The van der Waals surface area contributed by atoms with E-state index >= 15 is 0 Å². The van der Waals surface area contributed by atoms with Crippen LogP contribution in [0.4, 0.5) is 11.4 Å². The van der Waals surface area contributed by atoms with Crippen LogP contribution < -0.4 is 5.32 Å². The van der Waals surface area contributed by atoms with E-state index < -0.39 is 21.2 Å². The van der Waals surface area contributed by atoms with Gasteiger partial charge in [0.15, 0.2) is 0 Å². The average Bonchev–Trinajstić information content (AvgIpc) is 2.39. The van der Waals surface area contributed by atoms with Gasteiger partial charge >= 0.3 is 11.4 Å². The molecule has 1 heterocycles. The molecule has 0 spiro atoms. The lowest BCUT2D eigenvalue weighted by Gasteiger charge is -2.27. The molecule has 8 heteroatoms. The van der Waals surface area contributed by atoms with Crippen molar-refractivity contribution in [1.82, 2.24) is 10.2 Å². The first-order chi connectivity index (χ1) is 9.08. The minimum absolute atomic E-state index is 0.447. The predicted molar refractivity (Wildman–Crippen MR) is 67.9 cm³/mol. The molecule has 1 aromatic rings. The second-order valence-corrected chi connectivity index (χ2v) is 4.36. The van der Waals surface area contributed by atoms with E-state index in [1.54, 1.807) is 6.07 Å². The summed E-state index contributed by atoms with van der Waals surface area (Å²) in [5, 5.41) is 24.8. The van der Waals surface area contributed by atoms with Crippen LogP contribution in [-0.4, -0.2) is 40.9 Å². The number of rotatable bonds is 4. The van der Waals surface area contributed by atoms with Gasteiger partial charge in [-0.3, -0.25) is 25.1 Å². The summed E-state index contributed by atoms with van der Waals surface area (Å²) in [6.07, 6.45) is 0. The second kappa shape index (κ2) is 5.72. The lowest BCUT2D eigenvalue weighted by molar-refractivity contribution is -0.422. The van der Waals surface area contributed by atoms with Gasteiger partial charge in [-0.2, -0.15) is 0 Å². The van der Waals surface area contributed by atoms with Crippen molar-refractivity contribution < 1.29 is 9.85 Å². The summed E-state index contributed by atoms with van der Waals surface area (Å²) in [4.78, 5) is 22.3. The van der Waals surface area contributed by atoms with Gasteiger partial charge in [0.25, 0.3) is 0 Å². The Bertz CT molecular complexity index is 499. The fraction of sp³-hybridized carbons (Fsp3) is 0.455. The van der Waals surface area contributed by atoms with Crippen LogP contribution in [0.15, 0.2) is 18.2 Å². The molecule has 19 heavy (non-hydrogen) atoms. The van der Waals surface area contributed by atoms with Crippen LogP contribution in [0.3, 0.4) is 0 Å². The van der Waals surface area contributed by atoms with Crippen LogP contribution in [-0.2, 0) is 6.54 Å². The second-order valence-electron chi connectivity index (χ2n) is 4.36. The van der Waals surface area contributed by atoms with Crippen LogP contribution in [0, 0.1) is 20.2 Å². The van der Waals surface area contributed by atoms with Crippen LogP contribution in [0.5, 0.6) is 0 Å². The van der Waals surface area contributed by atoms with Gasteiger partial charge < -0.3 is 5.32 Å². The zero-order chi connectivity index (χ0) is 13.8. The highest BCUT2D eigenvalue weighted by molar-refractivity contribution is 5.54. The summed E-state index contributed by atoms with van der Waals surface area (Å²) in [7, 11) is 0. The number of nitro groups is 2. The van der Waals surface area contributed by atoms with Crippen molar-refractivity contribution in [2.75, 3.05) is 26.2 Å². The number of benzene rings is 1. The first kappa shape index (κ1) is 13.4. The van der Waals surface area contributed by atoms with E-state index in [2.05, 4.69) is 10.2 Å². The fourth-order valence-electron chi connectivity index (χ4n) is 2.10. The normalized spacial score (nSPS) is 16.2. The smallest absolute Gasteiger partial charge is 0.314 e. The Morgan fingerprint density at radius 3 is 2.32 bits per heavy atom. The maximum absolute atomic E-state index is 10.8. The Kier molecular flexibility index (Phi) is 4.03. The summed E-state index contributed by atoms with van der Waals surface area (Å²) in [5.74, 6) is 0. The maximum atomic E-state index is 10.8. The van der Waals surface area contributed by atoms with E-state index in [9.17, 15) is 20.2 Å². The zero-order valence-corrected chi connectivity index (χ0v) is 10.2. The van der Waals surface area contributed by atoms with Crippen LogP contribution in [0.25, 0.3) is 0 Å². The average molecular weight is 266 g/mol. The minimum atomic E-state index is -0.729. The van der Waals surface area contributed by atoms with E-state index in [0.29, 0.717) is 6.54 Å². The highest BCUT2D eigenvalue weighted by Crippen LogP contribution is 2.27. The van der Waals surface area contributed by atoms with Crippen molar-refractivity contribution in [2.45, 2.75) is 6.54 Å². The first-order valence-corrected chi connectivity index (χ1v) is 5.92. The molecule has 0 bridgehead atoms. The van der Waals surface area contributed by atoms with E-state index in [0.717, 1.165) is 31.7 Å². The molecule has 0 atom stereocenters. The van der Waals surface area contributed by atoms with E-state index in [1.807, 2.05) is 0 Å². The molecule has 8 nitrogen and oxygen atoms in total. The summed E-state index contributed by atoms with van der Waals surface area (Å²) in [6.45, 7) is 4.07. The molecule has 1 fully saturated rings. The van der Waals surface area contributed by atoms with Gasteiger partial charge in [0.2, 0.25) is 0 Å². The summed E-state index contributed by atoms with van der Waals surface area (Å²) in [6, 6.07) is 4.07. The molecule has 1 aliphatic rings. The van der Waals surface area contributed by atoms with Crippen molar-refractivity contribution in [3.63, 3.8) is 0 Å². The Balaban J connectivity index is 2.20.